The predicted molar refractivity (Wildman–Crippen MR) is 95.6 cm³/mol. The Morgan fingerprint density at radius 2 is 2.04 bits per heavy atom. The lowest BCUT2D eigenvalue weighted by Gasteiger charge is -2.38. The minimum Gasteiger partial charge on any atom is -0.381 e. The Hall–Kier alpha value is -0.650. The van der Waals surface area contributed by atoms with Crippen LogP contribution in [0.3, 0.4) is 0 Å². The first-order valence-corrected chi connectivity index (χ1v) is 9.60. The van der Waals surface area contributed by atoms with E-state index in [1.165, 1.54) is 24.0 Å². The highest BCUT2D eigenvalue weighted by atomic mass is 35.5. The van der Waals surface area contributed by atoms with Gasteiger partial charge in [-0.05, 0) is 42.5 Å². The summed E-state index contributed by atoms with van der Waals surface area (Å²) in [5.41, 5.74) is 2.84. The molecule has 1 aromatic carbocycles. The molecule has 5 heteroatoms. The molecular formula is C19H27ClN2O2. The molecule has 1 aliphatic carbocycles. The molecule has 4 rings (SSSR count). The first-order chi connectivity index (χ1) is 11.8. The molecule has 132 valence electrons. The monoisotopic (exact) mass is 350 g/mol. The Kier molecular flexibility index (Phi) is 5.40. The predicted octanol–water partition coefficient (Wildman–Crippen LogP) is 2.65. The molecule has 0 saturated carbocycles. The van der Waals surface area contributed by atoms with Crippen molar-refractivity contribution in [3.05, 3.63) is 34.3 Å². The van der Waals surface area contributed by atoms with Gasteiger partial charge in [-0.3, -0.25) is 4.90 Å². The molecule has 2 fully saturated rings. The molecule has 2 saturated heterocycles. The van der Waals surface area contributed by atoms with Crippen LogP contribution in [0.25, 0.3) is 0 Å². The van der Waals surface area contributed by atoms with Crippen LogP contribution in [0, 0.1) is 5.92 Å². The van der Waals surface area contributed by atoms with Crippen molar-refractivity contribution in [2.24, 2.45) is 5.92 Å². The Morgan fingerprint density at radius 1 is 1.17 bits per heavy atom. The third kappa shape index (κ3) is 3.63. The van der Waals surface area contributed by atoms with E-state index in [2.05, 4.69) is 22.3 Å². The lowest BCUT2D eigenvalue weighted by molar-refractivity contribution is 0.000801. The van der Waals surface area contributed by atoms with Gasteiger partial charge >= 0.3 is 0 Å². The van der Waals surface area contributed by atoms with Crippen LogP contribution in [0.1, 0.15) is 30.0 Å². The van der Waals surface area contributed by atoms with E-state index in [0.29, 0.717) is 18.0 Å². The Balaban J connectivity index is 1.42. The van der Waals surface area contributed by atoms with E-state index in [0.717, 1.165) is 57.5 Å². The zero-order valence-corrected chi connectivity index (χ0v) is 14.9. The minimum absolute atomic E-state index is 0.461. The molecule has 0 spiro atoms. The molecule has 0 radical (unpaired) electrons. The van der Waals surface area contributed by atoms with E-state index in [-0.39, 0.29) is 0 Å². The molecule has 2 aliphatic heterocycles. The zero-order chi connectivity index (χ0) is 16.4. The topological polar surface area (TPSA) is 33.7 Å². The fourth-order valence-corrected chi connectivity index (χ4v) is 4.62. The molecular weight excluding hydrogens is 324 g/mol. The first kappa shape index (κ1) is 16.8. The van der Waals surface area contributed by atoms with Crippen LogP contribution in [0.5, 0.6) is 0 Å². The normalized spacial score (nSPS) is 28.9. The molecule has 3 atom stereocenters. The number of rotatable bonds is 5. The van der Waals surface area contributed by atoms with Crippen LogP contribution in [-0.2, 0) is 15.9 Å². The highest BCUT2D eigenvalue weighted by molar-refractivity contribution is 6.30. The van der Waals surface area contributed by atoms with Gasteiger partial charge in [0.05, 0.1) is 19.8 Å². The summed E-state index contributed by atoms with van der Waals surface area (Å²) in [6.45, 7) is 6.64. The van der Waals surface area contributed by atoms with Crippen LogP contribution in [0.4, 0.5) is 0 Å². The molecule has 0 aromatic heterocycles. The second kappa shape index (κ2) is 7.71. The van der Waals surface area contributed by atoms with Gasteiger partial charge in [0, 0.05) is 49.3 Å². The van der Waals surface area contributed by atoms with Crippen molar-refractivity contribution in [3.63, 3.8) is 0 Å². The second-order valence-electron chi connectivity index (χ2n) is 7.18. The largest absolute Gasteiger partial charge is 0.381 e. The standard InChI is InChI=1S/C19H27ClN2O2/c20-16-2-3-17-14(11-16)1-4-18(17)21-12-19(15-5-8-24-13-15)22-6-9-23-10-7-22/h2-3,11,15,18-19,21H,1,4-10,12-13H2/t15-,18-,19-/m0/s1. The van der Waals surface area contributed by atoms with Gasteiger partial charge in [-0.25, -0.2) is 0 Å². The maximum atomic E-state index is 6.13. The molecule has 2 heterocycles. The summed E-state index contributed by atoms with van der Waals surface area (Å²) >= 11 is 6.13. The van der Waals surface area contributed by atoms with Crippen molar-refractivity contribution < 1.29 is 9.47 Å². The fourth-order valence-electron chi connectivity index (χ4n) is 4.42. The number of morpholine rings is 1. The maximum Gasteiger partial charge on any atom is 0.0594 e. The summed E-state index contributed by atoms with van der Waals surface area (Å²) in [6, 6.07) is 7.36. The quantitative estimate of drug-likeness (QED) is 0.885. The molecule has 3 aliphatic rings. The summed E-state index contributed by atoms with van der Waals surface area (Å²) in [6.07, 6.45) is 3.48. The van der Waals surface area contributed by atoms with Gasteiger partial charge in [0.25, 0.3) is 0 Å². The van der Waals surface area contributed by atoms with Gasteiger partial charge in [-0.15, -0.1) is 0 Å². The Morgan fingerprint density at radius 3 is 2.83 bits per heavy atom. The average molecular weight is 351 g/mol. The maximum absolute atomic E-state index is 6.13. The van der Waals surface area contributed by atoms with Crippen molar-refractivity contribution in [1.82, 2.24) is 10.2 Å². The Labute approximate surface area is 149 Å². The average Bonchev–Trinajstić information content (AvgIpc) is 3.26. The number of hydrogen-bond donors (Lipinski definition) is 1. The minimum atomic E-state index is 0.461. The number of fused-ring (bicyclic) bond motifs is 1. The van der Waals surface area contributed by atoms with Gasteiger partial charge < -0.3 is 14.8 Å². The molecule has 24 heavy (non-hydrogen) atoms. The number of aryl methyl sites for hydroxylation is 1. The van der Waals surface area contributed by atoms with E-state index in [4.69, 9.17) is 21.1 Å². The van der Waals surface area contributed by atoms with E-state index in [1.54, 1.807) is 0 Å². The Bertz CT molecular complexity index is 556. The third-order valence-corrected chi connectivity index (χ3v) is 6.02. The lowest BCUT2D eigenvalue weighted by Crippen LogP contribution is -2.51. The molecule has 0 unspecified atom stereocenters. The van der Waals surface area contributed by atoms with E-state index in [9.17, 15) is 0 Å². The smallest absolute Gasteiger partial charge is 0.0594 e. The second-order valence-corrected chi connectivity index (χ2v) is 7.62. The first-order valence-electron chi connectivity index (χ1n) is 9.22. The summed E-state index contributed by atoms with van der Waals surface area (Å²) in [5.74, 6) is 0.640. The molecule has 1 N–H and O–H groups in total. The summed E-state index contributed by atoms with van der Waals surface area (Å²) in [4.78, 5) is 2.60. The van der Waals surface area contributed by atoms with Crippen molar-refractivity contribution in [3.8, 4) is 0 Å². The van der Waals surface area contributed by atoms with Crippen LogP contribution in [0.15, 0.2) is 18.2 Å². The van der Waals surface area contributed by atoms with Crippen molar-refractivity contribution in [1.29, 1.82) is 0 Å². The van der Waals surface area contributed by atoms with Crippen LogP contribution >= 0.6 is 11.6 Å². The highest BCUT2D eigenvalue weighted by Crippen LogP contribution is 2.33. The fraction of sp³-hybridized carbons (Fsp3) is 0.684. The van der Waals surface area contributed by atoms with Gasteiger partial charge in [0.2, 0.25) is 0 Å². The summed E-state index contributed by atoms with van der Waals surface area (Å²) in [7, 11) is 0. The number of nitrogens with zero attached hydrogens (tertiary/aromatic N) is 1. The molecule has 1 aromatic rings. The number of nitrogens with one attached hydrogen (secondary N) is 1. The van der Waals surface area contributed by atoms with E-state index in [1.807, 2.05) is 6.07 Å². The van der Waals surface area contributed by atoms with Crippen LogP contribution < -0.4 is 5.32 Å². The number of ether oxygens (including phenoxy) is 2. The summed E-state index contributed by atoms with van der Waals surface area (Å²) in [5, 5.41) is 4.70. The third-order valence-electron chi connectivity index (χ3n) is 5.78. The van der Waals surface area contributed by atoms with Crippen molar-refractivity contribution >= 4 is 11.6 Å². The van der Waals surface area contributed by atoms with E-state index >= 15 is 0 Å². The van der Waals surface area contributed by atoms with Gasteiger partial charge in [0.1, 0.15) is 0 Å². The highest BCUT2D eigenvalue weighted by Gasteiger charge is 2.32. The van der Waals surface area contributed by atoms with Crippen molar-refractivity contribution in [2.75, 3.05) is 46.1 Å². The van der Waals surface area contributed by atoms with Gasteiger partial charge in [-0.2, -0.15) is 0 Å². The number of hydrogen-bond acceptors (Lipinski definition) is 4. The van der Waals surface area contributed by atoms with Crippen molar-refractivity contribution in [2.45, 2.75) is 31.3 Å². The zero-order valence-electron chi connectivity index (χ0n) is 14.2. The number of halogens is 1. The van der Waals surface area contributed by atoms with Crippen LogP contribution in [-0.4, -0.2) is 57.0 Å². The molecule has 4 nitrogen and oxygen atoms in total. The molecule has 0 amide bonds. The van der Waals surface area contributed by atoms with Gasteiger partial charge in [0.15, 0.2) is 0 Å². The lowest BCUT2D eigenvalue weighted by atomic mass is 9.96. The van der Waals surface area contributed by atoms with E-state index < -0.39 is 0 Å². The van der Waals surface area contributed by atoms with Crippen LogP contribution in [0.2, 0.25) is 5.02 Å². The molecule has 0 bridgehead atoms. The number of benzene rings is 1. The summed E-state index contributed by atoms with van der Waals surface area (Å²) < 4.78 is 11.2. The van der Waals surface area contributed by atoms with Gasteiger partial charge in [-0.1, -0.05) is 17.7 Å². The SMILES string of the molecule is Clc1ccc2c(c1)CC[C@@H]2NC[C@@H]([C@H]1CCOC1)N1CCOCC1.